The van der Waals surface area contributed by atoms with Crippen LogP contribution in [-0.2, 0) is 33.5 Å². The molecule has 0 radical (unpaired) electrons. The van der Waals surface area contributed by atoms with Gasteiger partial charge >= 0.3 is 5.97 Å². The van der Waals surface area contributed by atoms with E-state index in [2.05, 4.69) is 26.0 Å². The average Bonchev–Trinajstić information content (AvgIpc) is 3.51. The van der Waals surface area contributed by atoms with Crippen LogP contribution >= 0.6 is 0 Å². The molecule has 0 spiro atoms. The lowest BCUT2D eigenvalue weighted by molar-refractivity contribution is -0.142. The predicted octanol–water partition coefficient (Wildman–Crippen LogP) is 1.88. The van der Waals surface area contributed by atoms with E-state index >= 15 is 0 Å². The number of amides is 5. The van der Waals surface area contributed by atoms with Crippen molar-refractivity contribution in [2.24, 2.45) is 5.92 Å². The Labute approximate surface area is 262 Å². The fourth-order valence-electron chi connectivity index (χ4n) is 5.17. The monoisotopic (exact) mass is 625 g/mol. The van der Waals surface area contributed by atoms with Crippen molar-refractivity contribution in [2.45, 2.75) is 77.5 Å². The number of carbonyl (C=O) groups is 6. The summed E-state index contributed by atoms with van der Waals surface area (Å²) in [6.45, 7) is 6.90. The van der Waals surface area contributed by atoms with E-state index in [0.29, 0.717) is 30.8 Å². The number of fused-ring (bicyclic) bond motifs is 1. The maximum absolute atomic E-state index is 13.4. The second-order valence-electron chi connectivity index (χ2n) is 11.4. The number of carbonyl (C=O) groups excluding carboxylic acids is 6. The molecule has 45 heavy (non-hydrogen) atoms. The van der Waals surface area contributed by atoms with Gasteiger partial charge in [0.15, 0.2) is 0 Å². The maximum Gasteiger partial charge on any atom is 0.306 e. The van der Waals surface area contributed by atoms with Gasteiger partial charge in [-0.15, -0.1) is 0 Å². The minimum Gasteiger partial charge on any atom is -0.496 e. The lowest BCUT2D eigenvalue weighted by Crippen LogP contribution is -2.57. The quantitative estimate of drug-likeness (QED) is 0.244. The van der Waals surface area contributed by atoms with Gasteiger partial charge in [-0.2, -0.15) is 0 Å². The molecular weight excluding hydrogens is 582 g/mol. The molecule has 0 aliphatic carbocycles. The summed E-state index contributed by atoms with van der Waals surface area (Å²) in [6, 6.07) is 7.54. The molecule has 13 heteroatoms. The van der Waals surface area contributed by atoms with Crippen LogP contribution in [0.4, 0.5) is 5.69 Å². The molecule has 0 bridgehead atoms. The van der Waals surface area contributed by atoms with Crippen LogP contribution in [0.2, 0.25) is 0 Å². The van der Waals surface area contributed by atoms with Gasteiger partial charge in [0.25, 0.3) is 0 Å². The van der Waals surface area contributed by atoms with E-state index in [4.69, 9.17) is 4.74 Å². The van der Waals surface area contributed by atoms with Crippen LogP contribution in [0.3, 0.4) is 0 Å². The molecule has 3 rings (SSSR count). The van der Waals surface area contributed by atoms with Crippen molar-refractivity contribution in [1.29, 1.82) is 0 Å². The first-order chi connectivity index (χ1) is 21.4. The van der Waals surface area contributed by atoms with Crippen LogP contribution in [-0.4, -0.2) is 85.3 Å². The van der Waals surface area contributed by atoms with Crippen LogP contribution < -0.4 is 26.0 Å². The number of ether oxygens (including phenoxy) is 2. The van der Waals surface area contributed by atoms with Crippen molar-refractivity contribution in [3.63, 3.8) is 0 Å². The predicted molar refractivity (Wildman–Crippen MR) is 167 cm³/mol. The van der Waals surface area contributed by atoms with E-state index in [1.165, 1.54) is 25.9 Å². The highest BCUT2D eigenvalue weighted by molar-refractivity contribution is 6.01. The first-order valence-electron chi connectivity index (χ1n) is 15.0. The fraction of sp³-hybridized carbons (Fsp3) is 0.500. The van der Waals surface area contributed by atoms with Gasteiger partial charge in [-0.05, 0) is 44.1 Å². The minimum absolute atomic E-state index is 0.124. The Balaban J connectivity index is 1.61. The number of esters is 1. The number of hydrogen-bond acceptors (Lipinski definition) is 8. The van der Waals surface area contributed by atoms with Crippen LogP contribution in [0.25, 0.3) is 10.8 Å². The number of anilines is 1. The van der Waals surface area contributed by atoms with Crippen molar-refractivity contribution in [3.8, 4) is 5.75 Å². The summed E-state index contributed by atoms with van der Waals surface area (Å²) in [5.74, 6) is -2.64. The van der Waals surface area contributed by atoms with Gasteiger partial charge < -0.3 is 35.6 Å². The molecule has 1 saturated heterocycles. The van der Waals surface area contributed by atoms with Gasteiger partial charge in [0, 0.05) is 30.1 Å². The molecule has 244 valence electrons. The highest BCUT2D eigenvalue weighted by Crippen LogP contribution is 2.30. The van der Waals surface area contributed by atoms with Gasteiger partial charge in [-0.1, -0.05) is 38.1 Å². The number of nitrogens with one attached hydrogen (secondary N) is 4. The third kappa shape index (κ3) is 9.16. The zero-order chi connectivity index (χ0) is 33.3. The zero-order valence-corrected chi connectivity index (χ0v) is 26.6. The lowest BCUT2D eigenvalue weighted by Gasteiger charge is -2.30. The number of likely N-dealkylation sites (tertiary alicyclic amines) is 1. The molecule has 1 aliphatic rings. The van der Waals surface area contributed by atoms with E-state index in [0.717, 1.165) is 10.8 Å². The molecule has 5 amide bonds. The molecule has 0 saturated carbocycles. The van der Waals surface area contributed by atoms with Crippen LogP contribution in [0, 0.1) is 5.92 Å². The largest absolute Gasteiger partial charge is 0.496 e. The Morgan fingerprint density at radius 1 is 0.889 bits per heavy atom. The highest BCUT2D eigenvalue weighted by Gasteiger charge is 2.38. The SMILES string of the molecule is COC(=O)CCC(=O)NC(C)C(=O)NC(C)C(=O)N1CCCC1C(=O)NC(C(=O)Nc1cc(OC)c2ccccc2c1)C(C)C. The second-order valence-corrected chi connectivity index (χ2v) is 11.4. The van der Waals surface area contributed by atoms with Crippen molar-refractivity contribution < 1.29 is 38.2 Å². The third-order valence-electron chi connectivity index (χ3n) is 7.68. The molecule has 1 aliphatic heterocycles. The van der Waals surface area contributed by atoms with Gasteiger partial charge in [0.2, 0.25) is 29.5 Å². The van der Waals surface area contributed by atoms with Gasteiger partial charge in [0.1, 0.15) is 29.9 Å². The number of rotatable bonds is 13. The van der Waals surface area contributed by atoms with Crippen molar-refractivity contribution in [2.75, 3.05) is 26.1 Å². The molecule has 4 N–H and O–H groups in total. The minimum atomic E-state index is -0.979. The number of hydrogen-bond donors (Lipinski definition) is 4. The molecule has 13 nitrogen and oxygen atoms in total. The summed E-state index contributed by atoms with van der Waals surface area (Å²) in [5.41, 5.74) is 0.520. The molecule has 1 heterocycles. The zero-order valence-electron chi connectivity index (χ0n) is 26.6. The first-order valence-corrected chi connectivity index (χ1v) is 15.0. The van der Waals surface area contributed by atoms with Crippen LogP contribution in [0.15, 0.2) is 36.4 Å². The summed E-state index contributed by atoms with van der Waals surface area (Å²) in [7, 11) is 2.77. The number of benzene rings is 2. The summed E-state index contributed by atoms with van der Waals surface area (Å²) < 4.78 is 10.0. The Morgan fingerprint density at radius 3 is 2.27 bits per heavy atom. The van der Waals surface area contributed by atoms with Gasteiger partial charge in [-0.3, -0.25) is 28.8 Å². The van der Waals surface area contributed by atoms with Crippen molar-refractivity contribution in [3.05, 3.63) is 36.4 Å². The highest BCUT2D eigenvalue weighted by atomic mass is 16.5. The topological polar surface area (TPSA) is 172 Å². The molecule has 4 unspecified atom stereocenters. The number of nitrogens with zero attached hydrogens (tertiary/aromatic N) is 1. The smallest absolute Gasteiger partial charge is 0.306 e. The van der Waals surface area contributed by atoms with Gasteiger partial charge in [0.05, 0.1) is 20.6 Å². The molecule has 2 aromatic carbocycles. The summed E-state index contributed by atoms with van der Waals surface area (Å²) in [5, 5.41) is 12.6. The normalized spacial score (nSPS) is 16.3. The lowest BCUT2D eigenvalue weighted by atomic mass is 10.0. The van der Waals surface area contributed by atoms with E-state index < -0.39 is 59.7 Å². The van der Waals surface area contributed by atoms with Crippen molar-refractivity contribution >= 4 is 52.0 Å². The summed E-state index contributed by atoms with van der Waals surface area (Å²) in [4.78, 5) is 77.5. The van der Waals surface area contributed by atoms with Gasteiger partial charge in [-0.25, -0.2) is 0 Å². The van der Waals surface area contributed by atoms with E-state index in [1.807, 2.05) is 44.2 Å². The molecule has 2 aromatic rings. The fourth-order valence-corrected chi connectivity index (χ4v) is 5.17. The molecule has 0 aromatic heterocycles. The number of methoxy groups -OCH3 is 2. The van der Waals surface area contributed by atoms with E-state index in [1.54, 1.807) is 13.2 Å². The van der Waals surface area contributed by atoms with E-state index in [-0.39, 0.29) is 18.8 Å². The summed E-state index contributed by atoms with van der Waals surface area (Å²) >= 11 is 0. The standard InChI is InChI=1S/C32H43N5O8/c1-18(2)28(31(42)35-22-16-21-10-7-8-11-23(21)25(17-22)44-5)36-30(41)24-12-9-15-37(24)32(43)20(4)34-29(40)19(3)33-26(38)13-14-27(39)45-6/h7-8,10-11,16-20,24,28H,9,12-15H2,1-6H3,(H,33,38)(H,34,40)(H,35,42)(H,36,41). The average molecular weight is 626 g/mol. The van der Waals surface area contributed by atoms with Crippen LogP contribution in [0.5, 0.6) is 5.75 Å². The Bertz CT molecular complexity index is 1430. The molecule has 4 atom stereocenters. The van der Waals surface area contributed by atoms with Crippen LogP contribution in [0.1, 0.15) is 53.4 Å². The van der Waals surface area contributed by atoms with E-state index in [9.17, 15) is 28.8 Å². The summed E-state index contributed by atoms with van der Waals surface area (Å²) in [6.07, 6.45) is 0.711. The van der Waals surface area contributed by atoms with Crippen molar-refractivity contribution in [1.82, 2.24) is 20.9 Å². The Morgan fingerprint density at radius 2 is 1.60 bits per heavy atom. The third-order valence-corrected chi connectivity index (χ3v) is 7.68. The first kappa shape index (κ1) is 34.8. The Hall–Kier alpha value is -4.68. The molecular formula is C32H43N5O8. The second kappa shape index (κ2) is 15.9. The Kier molecular flexibility index (Phi) is 12.3. The maximum atomic E-state index is 13.4. The molecule has 1 fully saturated rings.